The molecule has 0 bridgehead atoms. The Labute approximate surface area is 165 Å². The molecule has 2 aliphatic heterocycles. The molecule has 0 aliphatic carbocycles. The van der Waals surface area contributed by atoms with Crippen LogP contribution in [0.3, 0.4) is 0 Å². The molecule has 2 amide bonds. The zero-order valence-corrected chi connectivity index (χ0v) is 16.1. The number of fused-ring (bicyclic) bond motifs is 1. The standard InChI is InChI=1S/C22H25N3O3/c1-16-14-18-4-2-3-5-20(18)25(16)21(26)15-23-19-8-6-17(7-9-19)22(27)24-10-12-28-13-11-24/h2-9,16,23H,10-15H2,1H3. The van der Waals surface area contributed by atoms with Crippen molar-refractivity contribution in [2.24, 2.45) is 0 Å². The predicted octanol–water partition coefficient (Wildman–Crippen LogP) is 2.55. The van der Waals surface area contributed by atoms with Gasteiger partial charge in [-0.2, -0.15) is 0 Å². The monoisotopic (exact) mass is 379 g/mol. The molecule has 4 rings (SSSR count). The third-order valence-electron chi connectivity index (χ3n) is 5.35. The number of anilines is 2. The zero-order valence-electron chi connectivity index (χ0n) is 16.1. The van der Waals surface area contributed by atoms with Gasteiger partial charge in [-0.3, -0.25) is 9.59 Å². The first kappa shape index (κ1) is 18.5. The van der Waals surface area contributed by atoms with Crippen LogP contribution in [0, 0.1) is 0 Å². The van der Waals surface area contributed by atoms with Crippen LogP contribution in [0.25, 0.3) is 0 Å². The van der Waals surface area contributed by atoms with E-state index in [9.17, 15) is 9.59 Å². The van der Waals surface area contributed by atoms with E-state index < -0.39 is 0 Å². The van der Waals surface area contributed by atoms with Gasteiger partial charge in [0.2, 0.25) is 5.91 Å². The maximum absolute atomic E-state index is 12.8. The summed E-state index contributed by atoms with van der Waals surface area (Å²) in [7, 11) is 0. The number of rotatable bonds is 4. The first-order valence-electron chi connectivity index (χ1n) is 9.74. The van der Waals surface area contributed by atoms with E-state index >= 15 is 0 Å². The van der Waals surface area contributed by atoms with Crippen LogP contribution in [-0.2, 0) is 16.0 Å². The topological polar surface area (TPSA) is 61.9 Å². The summed E-state index contributed by atoms with van der Waals surface area (Å²) in [5.41, 5.74) is 3.70. The van der Waals surface area contributed by atoms with E-state index in [4.69, 9.17) is 4.74 Å². The van der Waals surface area contributed by atoms with E-state index in [1.165, 1.54) is 5.56 Å². The summed E-state index contributed by atoms with van der Waals surface area (Å²) in [5, 5.41) is 3.18. The number of carbonyl (C=O) groups is 2. The van der Waals surface area contributed by atoms with Gasteiger partial charge in [-0.25, -0.2) is 0 Å². The molecular formula is C22H25N3O3. The quantitative estimate of drug-likeness (QED) is 0.887. The lowest BCUT2D eigenvalue weighted by Gasteiger charge is -2.27. The first-order chi connectivity index (χ1) is 13.6. The van der Waals surface area contributed by atoms with E-state index in [1.807, 2.05) is 40.1 Å². The summed E-state index contributed by atoms with van der Waals surface area (Å²) in [6, 6.07) is 15.5. The van der Waals surface area contributed by atoms with Gasteiger partial charge < -0.3 is 19.9 Å². The normalized spacial score (nSPS) is 18.7. The number of ether oxygens (including phenoxy) is 1. The molecule has 0 radical (unpaired) electrons. The summed E-state index contributed by atoms with van der Waals surface area (Å²) in [6.45, 7) is 4.72. The minimum absolute atomic E-state index is 0.0217. The second kappa shape index (κ2) is 8.02. The van der Waals surface area contributed by atoms with Gasteiger partial charge in [-0.05, 0) is 49.2 Å². The van der Waals surface area contributed by atoms with Crippen LogP contribution < -0.4 is 10.2 Å². The van der Waals surface area contributed by atoms with Crippen LogP contribution in [0.2, 0.25) is 0 Å². The fourth-order valence-electron chi connectivity index (χ4n) is 3.89. The molecule has 1 fully saturated rings. The Balaban J connectivity index is 1.36. The van der Waals surface area contributed by atoms with Gasteiger partial charge in [-0.1, -0.05) is 18.2 Å². The number of amides is 2. The minimum Gasteiger partial charge on any atom is -0.378 e. The van der Waals surface area contributed by atoms with E-state index in [-0.39, 0.29) is 24.4 Å². The SMILES string of the molecule is CC1Cc2ccccc2N1C(=O)CNc1ccc(C(=O)N2CCOCC2)cc1. The second-order valence-electron chi connectivity index (χ2n) is 7.28. The Morgan fingerprint density at radius 1 is 1.07 bits per heavy atom. The molecule has 2 aromatic carbocycles. The summed E-state index contributed by atoms with van der Waals surface area (Å²) in [4.78, 5) is 28.9. The van der Waals surface area contributed by atoms with Crippen LogP contribution in [0.1, 0.15) is 22.8 Å². The largest absolute Gasteiger partial charge is 0.378 e. The van der Waals surface area contributed by atoms with Gasteiger partial charge in [-0.15, -0.1) is 0 Å². The van der Waals surface area contributed by atoms with Gasteiger partial charge in [0.15, 0.2) is 0 Å². The number of morpholine rings is 1. The summed E-state index contributed by atoms with van der Waals surface area (Å²) in [5.74, 6) is 0.0688. The molecule has 6 heteroatoms. The number of nitrogens with one attached hydrogen (secondary N) is 1. The molecule has 1 unspecified atom stereocenters. The number of benzene rings is 2. The van der Waals surface area contributed by atoms with Crippen LogP contribution in [0.4, 0.5) is 11.4 Å². The van der Waals surface area contributed by atoms with E-state index in [2.05, 4.69) is 18.3 Å². The lowest BCUT2D eigenvalue weighted by molar-refractivity contribution is -0.117. The van der Waals surface area contributed by atoms with Crippen LogP contribution in [0.5, 0.6) is 0 Å². The van der Waals surface area contributed by atoms with Crippen molar-refractivity contribution in [3.8, 4) is 0 Å². The third-order valence-corrected chi connectivity index (χ3v) is 5.35. The van der Waals surface area contributed by atoms with Crippen LogP contribution in [0.15, 0.2) is 48.5 Å². The smallest absolute Gasteiger partial charge is 0.254 e. The minimum atomic E-state index is 0.0217. The predicted molar refractivity (Wildman–Crippen MR) is 109 cm³/mol. The first-order valence-corrected chi connectivity index (χ1v) is 9.74. The number of para-hydroxylation sites is 1. The molecule has 1 saturated heterocycles. The molecule has 28 heavy (non-hydrogen) atoms. The lowest BCUT2D eigenvalue weighted by Crippen LogP contribution is -2.40. The highest BCUT2D eigenvalue weighted by Crippen LogP contribution is 2.31. The van der Waals surface area contributed by atoms with Crippen molar-refractivity contribution in [2.45, 2.75) is 19.4 Å². The zero-order chi connectivity index (χ0) is 19.5. The van der Waals surface area contributed by atoms with Crippen molar-refractivity contribution in [3.05, 3.63) is 59.7 Å². The molecule has 1 atom stereocenters. The number of hydrogen-bond acceptors (Lipinski definition) is 4. The summed E-state index contributed by atoms with van der Waals surface area (Å²) < 4.78 is 5.29. The number of nitrogens with zero attached hydrogens (tertiary/aromatic N) is 2. The van der Waals surface area contributed by atoms with E-state index in [1.54, 1.807) is 12.1 Å². The van der Waals surface area contributed by atoms with Crippen molar-refractivity contribution in [1.82, 2.24) is 4.90 Å². The fourth-order valence-corrected chi connectivity index (χ4v) is 3.89. The van der Waals surface area contributed by atoms with Gasteiger partial charge in [0.1, 0.15) is 0 Å². The summed E-state index contributed by atoms with van der Waals surface area (Å²) in [6.07, 6.45) is 0.889. The van der Waals surface area contributed by atoms with Gasteiger partial charge >= 0.3 is 0 Å². The Hall–Kier alpha value is -2.86. The molecule has 0 spiro atoms. The highest BCUT2D eigenvalue weighted by Gasteiger charge is 2.30. The molecule has 2 heterocycles. The highest BCUT2D eigenvalue weighted by molar-refractivity contribution is 5.99. The molecule has 2 aromatic rings. The Bertz CT molecular complexity index is 860. The van der Waals surface area contributed by atoms with Crippen molar-refractivity contribution in [2.75, 3.05) is 43.1 Å². The van der Waals surface area contributed by atoms with Gasteiger partial charge in [0, 0.05) is 36.1 Å². The highest BCUT2D eigenvalue weighted by atomic mass is 16.5. The Morgan fingerprint density at radius 2 is 1.79 bits per heavy atom. The molecule has 0 aromatic heterocycles. The molecule has 146 valence electrons. The molecule has 0 saturated carbocycles. The van der Waals surface area contributed by atoms with Gasteiger partial charge in [0.25, 0.3) is 5.91 Å². The van der Waals surface area contributed by atoms with Crippen molar-refractivity contribution >= 4 is 23.2 Å². The second-order valence-corrected chi connectivity index (χ2v) is 7.28. The number of hydrogen-bond donors (Lipinski definition) is 1. The van der Waals surface area contributed by atoms with E-state index in [0.717, 1.165) is 17.8 Å². The van der Waals surface area contributed by atoms with Crippen LogP contribution >= 0.6 is 0 Å². The molecule has 6 nitrogen and oxygen atoms in total. The van der Waals surface area contributed by atoms with Crippen molar-refractivity contribution < 1.29 is 14.3 Å². The van der Waals surface area contributed by atoms with Crippen molar-refractivity contribution in [1.29, 1.82) is 0 Å². The van der Waals surface area contributed by atoms with Gasteiger partial charge in [0.05, 0.1) is 19.8 Å². The maximum atomic E-state index is 12.8. The maximum Gasteiger partial charge on any atom is 0.254 e. The molecule has 2 aliphatic rings. The molecular weight excluding hydrogens is 354 g/mol. The Morgan fingerprint density at radius 3 is 2.54 bits per heavy atom. The number of carbonyl (C=O) groups excluding carboxylic acids is 2. The average Bonchev–Trinajstić information content (AvgIpc) is 3.08. The van der Waals surface area contributed by atoms with E-state index in [0.29, 0.717) is 31.9 Å². The summed E-state index contributed by atoms with van der Waals surface area (Å²) >= 11 is 0. The fraction of sp³-hybridized carbons (Fsp3) is 0.364. The third kappa shape index (κ3) is 3.73. The van der Waals surface area contributed by atoms with Crippen LogP contribution in [-0.4, -0.2) is 55.6 Å². The average molecular weight is 379 g/mol. The van der Waals surface area contributed by atoms with Crippen molar-refractivity contribution in [3.63, 3.8) is 0 Å². The molecule has 1 N–H and O–H groups in total. The Kier molecular flexibility index (Phi) is 5.30. The lowest BCUT2D eigenvalue weighted by atomic mass is 10.1.